The topological polar surface area (TPSA) is 149 Å². The minimum atomic E-state index is -0.691. The van der Waals surface area contributed by atoms with Crippen LogP contribution in [0.2, 0.25) is 0 Å². The lowest BCUT2D eigenvalue weighted by molar-refractivity contribution is -0.141. The van der Waals surface area contributed by atoms with Gasteiger partial charge in [-0.3, -0.25) is 0 Å². The van der Waals surface area contributed by atoms with E-state index in [0.29, 0.717) is 17.7 Å². The van der Waals surface area contributed by atoms with Gasteiger partial charge in [-0.25, -0.2) is 14.4 Å². The average Bonchev–Trinajstić information content (AvgIpc) is 2.72. The molecule has 0 radical (unpaired) electrons. The molecule has 4 N–H and O–H groups in total. The lowest BCUT2D eigenvalue weighted by Crippen LogP contribution is -2.17. The van der Waals surface area contributed by atoms with Crippen LogP contribution in [0.5, 0.6) is 5.75 Å². The number of hydrogen-bond donors (Lipinski definition) is 2. The molecule has 1 aromatic rings. The van der Waals surface area contributed by atoms with Gasteiger partial charge in [0.2, 0.25) is 0 Å². The summed E-state index contributed by atoms with van der Waals surface area (Å²) in [5, 5.41) is 0. The smallest absolute Gasteiger partial charge is 0.353 e. The molecule has 0 atom stereocenters. The van der Waals surface area contributed by atoms with E-state index in [-0.39, 0.29) is 51.0 Å². The normalized spacial score (nSPS) is 10.0. The molecule has 10 nitrogen and oxygen atoms in total. The molecule has 0 bridgehead atoms. The number of benzene rings is 1. The van der Waals surface area contributed by atoms with Crippen LogP contribution in [0.4, 0.5) is 0 Å². The van der Waals surface area contributed by atoms with Crippen LogP contribution in [0, 0.1) is 0 Å². The van der Waals surface area contributed by atoms with Gasteiger partial charge in [0.1, 0.15) is 30.4 Å². The summed E-state index contributed by atoms with van der Waals surface area (Å²) in [6.45, 7) is 7.50. The Balaban J connectivity index is 2.16. The molecule has 0 saturated carbocycles. The van der Waals surface area contributed by atoms with Crippen molar-refractivity contribution in [3.05, 3.63) is 54.4 Å². The van der Waals surface area contributed by atoms with Crippen molar-refractivity contribution in [1.82, 2.24) is 0 Å². The Bertz CT molecular complexity index is 746. The number of hydrogen-bond acceptors (Lipinski definition) is 10. The number of carbonyl (C=O) groups excluding carboxylic acids is 3. The molecule has 164 valence electrons. The molecule has 0 aliphatic rings. The second-order valence-electron chi connectivity index (χ2n) is 5.80. The van der Waals surface area contributed by atoms with Crippen molar-refractivity contribution < 1.29 is 38.1 Å². The highest BCUT2D eigenvalue weighted by Gasteiger charge is 2.08. The summed E-state index contributed by atoms with van der Waals surface area (Å²) in [5.41, 5.74) is 10.3. The number of rotatable bonds is 14. The average molecular weight is 422 g/mol. The summed E-state index contributed by atoms with van der Waals surface area (Å²) >= 11 is 0. The zero-order valence-corrected chi connectivity index (χ0v) is 16.6. The maximum Gasteiger partial charge on any atom is 0.353 e. The Morgan fingerprint density at radius 3 is 1.87 bits per heavy atom. The van der Waals surface area contributed by atoms with E-state index < -0.39 is 17.9 Å². The Hall–Kier alpha value is -3.53. The van der Waals surface area contributed by atoms with Crippen molar-refractivity contribution in [2.75, 3.05) is 39.6 Å². The van der Waals surface area contributed by atoms with Crippen LogP contribution in [0.25, 0.3) is 0 Å². The van der Waals surface area contributed by atoms with Crippen molar-refractivity contribution in [1.29, 1.82) is 0 Å². The summed E-state index contributed by atoms with van der Waals surface area (Å²) < 4.78 is 25.4. The molecule has 0 saturated heterocycles. The van der Waals surface area contributed by atoms with E-state index in [9.17, 15) is 14.4 Å². The minimum absolute atomic E-state index is 0.0661. The molecule has 1 aromatic carbocycles. The monoisotopic (exact) mass is 422 g/mol. The predicted molar refractivity (Wildman–Crippen MR) is 106 cm³/mol. The highest BCUT2D eigenvalue weighted by Crippen LogP contribution is 2.13. The molecule has 0 amide bonds. The molecule has 0 aliphatic heterocycles. The van der Waals surface area contributed by atoms with E-state index in [0.717, 1.165) is 0 Å². The fourth-order valence-electron chi connectivity index (χ4n) is 1.86. The van der Waals surface area contributed by atoms with E-state index in [1.54, 1.807) is 24.3 Å². The standard InChI is InChI=1S/C20H26N2O8/c1-14(21)18(23)28-8-3-9-29-20(25)16-4-6-17(7-5-16)27-12-10-26-11-13-30-19(24)15(2)22/h4-7H,1-3,8-13,21-22H2. The second kappa shape index (κ2) is 13.6. The maximum atomic E-state index is 11.9. The molecule has 0 unspecified atom stereocenters. The third-order valence-electron chi connectivity index (χ3n) is 3.33. The summed E-state index contributed by atoms with van der Waals surface area (Å²) in [4.78, 5) is 34.1. The number of esters is 3. The largest absolute Gasteiger partial charge is 0.491 e. The van der Waals surface area contributed by atoms with Crippen molar-refractivity contribution in [3.8, 4) is 5.75 Å². The van der Waals surface area contributed by atoms with Crippen LogP contribution in [0.3, 0.4) is 0 Å². The molecule has 10 heteroatoms. The van der Waals surface area contributed by atoms with Gasteiger partial charge in [-0.2, -0.15) is 0 Å². The molecular weight excluding hydrogens is 396 g/mol. The first-order valence-electron chi connectivity index (χ1n) is 9.02. The summed E-state index contributed by atoms with van der Waals surface area (Å²) in [5.74, 6) is -1.32. The fourth-order valence-corrected chi connectivity index (χ4v) is 1.86. The summed E-state index contributed by atoms with van der Waals surface area (Å²) in [6, 6.07) is 6.38. The molecule has 0 heterocycles. The zero-order chi connectivity index (χ0) is 22.4. The molecular formula is C20H26N2O8. The third kappa shape index (κ3) is 10.1. The van der Waals surface area contributed by atoms with E-state index in [1.165, 1.54) is 0 Å². The van der Waals surface area contributed by atoms with E-state index in [4.69, 9.17) is 35.2 Å². The van der Waals surface area contributed by atoms with Crippen molar-refractivity contribution in [3.63, 3.8) is 0 Å². The van der Waals surface area contributed by atoms with Crippen molar-refractivity contribution >= 4 is 17.9 Å². The van der Waals surface area contributed by atoms with Gasteiger partial charge in [0.05, 0.1) is 32.0 Å². The molecule has 0 aliphatic carbocycles. The SMILES string of the molecule is C=C(N)C(=O)OCCCOC(=O)c1ccc(OCCOCCOC(=O)C(=C)N)cc1. The van der Waals surface area contributed by atoms with Gasteiger partial charge in [0, 0.05) is 6.42 Å². The van der Waals surface area contributed by atoms with Crippen LogP contribution >= 0.6 is 0 Å². The van der Waals surface area contributed by atoms with Gasteiger partial charge < -0.3 is 35.2 Å². The third-order valence-corrected chi connectivity index (χ3v) is 3.33. The van der Waals surface area contributed by atoms with Gasteiger partial charge in [0.25, 0.3) is 0 Å². The van der Waals surface area contributed by atoms with Crippen LogP contribution in [0.1, 0.15) is 16.8 Å². The molecule has 30 heavy (non-hydrogen) atoms. The Labute approximate surface area is 174 Å². The highest BCUT2D eigenvalue weighted by atomic mass is 16.6. The Morgan fingerprint density at radius 1 is 0.733 bits per heavy atom. The van der Waals surface area contributed by atoms with Crippen LogP contribution in [0.15, 0.2) is 48.8 Å². The van der Waals surface area contributed by atoms with Crippen LogP contribution in [-0.4, -0.2) is 57.5 Å². The minimum Gasteiger partial charge on any atom is -0.491 e. The van der Waals surface area contributed by atoms with E-state index in [1.807, 2.05) is 0 Å². The maximum absolute atomic E-state index is 11.9. The van der Waals surface area contributed by atoms with Gasteiger partial charge in [0.15, 0.2) is 0 Å². The van der Waals surface area contributed by atoms with Crippen molar-refractivity contribution in [2.45, 2.75) is 6.42 Å². The summed E-state index contributed by atoms with van der Waals surface area (Å²) in [7, 11) is 0. The molecule has 0 aromatic heterocycles. The van der Waals surface area contributed by atoms with E-state index >= 15 is 0 Å². The van der Waals surface area contributed by atoms with E-state index in [2.05, 4.69) is 13.2 Å². The van der Waals surface area contributed by atoms with Gasteiger partial charge in [-0.1, -0.05) is 13.2 Å². The predicted octanol–water partition coefficient (Wildman–Crippen LogP) is 0.660. The summed E-state index contributed by atoms with van der Waals surface area (Å²) in [6.07, 6.45) is 0.339. The number of nitrogens with two attached hydrogens (primary N) is 2. The number of ether oxygens (including phenoxy) is 5. The lowest BCUT2D eigenvalue weighted by Gasteiger charge is -2.09. The van der Waals surface area contributed by atoms with Gasteiger partial charge in [-0.15, -0.1) is 0 Å². The highest BCUT2D eigenvalue weighted by molar-refractivity contribution is 5.89. The Kier molecular flexibility index (Phi) is 11.1. The quantitative estimate of drug-likeness (QED) is 0.189. The molecule has 0 spiro atoms. The first kappa shape index (κ1) is 24.5. The van der Waals surface area contributed by atoms with Gasteiger partial charge >= 0.3 is 17.9 Å². The lowest BCUT2D eigenvalue weighted by atomic mass is 10.2. The second-order valence-corrected chi connectivity index (χ2v) is 5.80. The zero-order valence-electron chi connectivity index (χ0n) is 16.6. The number of carbonyl (C=O) groups is 3. The van der Waals surface area contributed by atoms with Crippen LogP contribution < -0.4 is 16.2 Å². The first-order valence-corrected chi connectivity index (χ1v) is 9.02. The Morgan fingerprint density at radius 2 is 1.27 bits per heavy atom. The first-order chi connectivity index (χ1) is 14.3. The fraction of sp³-hybridized carbons (Fsp3) is 0.350. The van der Waals surface area contributed by atoms with Crippen molar-refractivity contribution in [2.24, 2.45) is 11.5 Å². The van der Waals surface area contributed by atoms with Gasteiger partial charge in [-0.05, 0) is 24.3 Å². The molecule has 1 rings (SSSR count). The van der Waals surface area contributed by atoms with Crippen LogP contribution in [-0.2, 0) is 28.5 Å². The molecule has 0 fully saturated rings.